The topological polar surface area (TPSA) is 9.86 Å². The third-order valence-corrected chi connectivity index (χ3v) is 10.4. The van der Waals surface area contributed by atoms with Gasteiger partial charge in [-0.3, -0.25) is 0 Å². The van der Waals surface area contributed by atoms with Crippen LogP contribution in [0, 0.1) is 0 Å². The normalized spacial score (nSPS) is 12.0. The lowest BCUT2D eigenvalue weighted by Gasteiger charge is -2.09. The number of nitrogens with zero attached hydrogens (tertiary/aromatic N) is 2. The van der Waals surface area contributed by atoms with E-state index in [0.717, 1.165) is 0 Å². The van der Waals surface area contributed by atoms with E-state index in [1.54, 1.807) is 0 Å². The van der Waals surface area contributed by atoms with Crippen molar-refractivity contribution in [3.05, 3.63) is 158 Å². The molecular formula is C42H26N2S. The second-order valence-corrected chi connectivity index (χ2v) is 12.9. The number of hydrogen-bond donors (Lipinski definition) is 0. The van der Waals surface area contributed by atoms with Crippen LogP contribution in [0.1, 0.15) is 0 Å². The summed E-state index contributed by atoms with van der Waals surface area (Å²) in [6, 6.07) is 57.7. The van der Waals surface area contributed by atoms with Gasteiger partial charge < -0.3 is 9.13 Å². The van der Waals surface area contributed by atoms with E-state index in [-0.39, 0.29) is 0 Å². The van der Waals surface area contributed by atoms with Gasteiger partial charge in [-0.25, -0.2) is 0 Å². The summed E-state index contributed by atoms with van der Waals surface area (Å²) in [6.45, 7) is 0. The standard InChI is InChI=1S/C42H26N2S/c1-3-11-29(12-4-1)43-37-17-9-7-15-31(37)33-23-27(19-21-38(33)43)28-20-22-39-34(24-28)35-25-36-32-16-8-10-18-41(32)45-42(36)26-40(35)44(39)30-13-5-2-6-14-30/h1-26H. The van der Waals surface area contributed by atoms with Crippen LogP contribution in [0.2, 0.25) is 0 Å². The average molecular weight is 591 g/mol. The first kappa shape index (κ1) is 24.8. The van der Waals surface area contributed by atoms with E-state index in [1.165, 1.54) is 86.3 Å². The van der Waals surface area contributed by atoms with Crippen molar-refractivity contribution < 1.29 is 0 Å². The minimum atomic E-state index is 1.18. The number of benzene rings is 7. The van der Waals surface area contributed by atoms with Crippen molar-refractivity contribution in [3.8, 4) is 22.5 Å². The predicted molar refractivity (Wildman–Crippen MR) is 193 cm³/mol. The Kier molecular flexibility index (Phi) is 5.19. The third kappa shape index (κ3) is 3.62. The zero-order valence-corrected chi connectivity index (χ0v) is 25.1. The first-order chi connectivity index (χ1) is 22.3. The summed E-state index contributed by atoms with van der Waals surface area (Å²) in [5.41, 5.74) is 9.73. The maximum Gasteiger partial charge on any atom is 0.0555 e. The molecule has 0 aliphatic carbocycles. The summed E-state index contributed by atoms with van der Waals surface area (Å²) in [4.78, 5) is 0. The molecular weight excluding hydrogens is 565 g/mol. The molecule has 0 saturated carbocycles. The maximum atomic E-state index is 2.43. The van der Waals surface area contributed by atoms with E-state index < -0.39 is 0 Å². The average Bonchev–Trinajstić information content (AvgIpc) is 3.74. The molecule has 0 spiro atoms. The van der Waals surface area contributed by atoms with Gasteiger partial charge in [0.25, 0.3) is 0 Å². The Hall–Kier alpha value is -5.64. The fourth-order valence-electron chi connectivity index (χ4n) is 7.28. The lowest BCUT2D eigenvalue weighted by atomic mass is 10.00. The molecule has 0 amide bonds. The lowest BCUT2D eigenvalue weighted by molar-refractivity contribution is 1.18. The molecule has 0 atom stereocenters. The van der Waals surface area contributed by atoms with Gasteiger partial charge in [0.2, 0.25) is 0 Å². The first-order valence-corrected chi connectivity index (χ1v) is 16.2. The Labute approximate surface area is 263 Å². The minimum absolute atomic E-state index is 1.18. The van der Waals surface area contributed by atoms with E-state index in [4.69, 9.17) is 0 Å². The highest BCUT2D eigenvalue weighted by atomic mass is 32.1. The van der Waals surface area contributed by atoms with Gasteiger partial charge >= 0.3 is 0 Å². The number of hydrogen-bond acceptors (Lipinski definition) is 1. The third-order valence-electron chi connectivity index (χ3n) is 9.30. The van der Waals surface area contributed by atoms with E-state index in [1.807, 2.05) is 11.3 Å². The summed E-state index contributed by atoms with van der Waals surface area (Å²) >= 11 is 1.88. The Balaban J connectivity index is 1.24. The van der Waals surface area contributed by atoms with Crippen molar-refractivity contribution in [1.82, 2.24) is 9.13 Å². The van der Waals surface area contributed by atoms with Gasteiger partial charge in [0.05, 0.1) is 22.1 Å². The van der Waals surface area contributed by atoms with Crippen molar-refractivity contribution in [2.75, 3.05) is 0 Å². The van der Waals surface area contributed by atoms with Crippen molar-refractivity contribution in [1.29, 1.82) is 0 Å². The highest BCUT2D eigenvalue weighted by molar-refractivity contribution is 7.25. The largest absolute Gasteiger partial charge is 0.309 e. The van der Waals surface area contributed by atoms with Crippen LogP contribution in [0.5, 0.6) is 0 Å². The predicted octanol–water partition coefficient (Wildman–Crippen LogP) is 11.9. The number of para-hydroxylation sites is 3. The summed E-state index contributed by atoms with van der Waals surface area (Å²) in [5, 5.41) is 7.76. The molecule has 10 rings (SSSR count). The Morgan fingerprint density at radius 3 is 1.51 bits per heavy atom. The van der Waals surface area contributed by atoms with E-state index in [2.05, 4.69) is 167 Å². The van der Waals surface area contributed by atoms with Gasteiger partial charge in [0.1, 0.15) is 0 Å². The highest BCUT2D eigenvalue weighted by Crippen LogP contribution is 2.42. The van der Waals surface area contributed by atoms with Crippen LogP contribution in [-0.4, -0.2) is 9.13 Å². The summed E-state index contributed by atoms with van der Waals surface area (Å²) in [7, 11) is 0. The van der Waals surface area contributed by atoms with Crippen molar-refractivity contribution >= 4 is 75.1 Å². The molecule has 0 N–H and O–H groups in total. The minimum Gasteiger partial charge on any atom is -0.309 e. The monoisotopic (exact) mass is 590 g/mol. The van der Waals surface area contributed by atoms with Gasteiger partial charge in [0, 0.05) is 53.1 Å². The molecule has 7 aromatic carbocycles. The Bertz CT molecular complexity index is 2740. The summed E-state index contributed by atoms with van der Waals surface area (Å²) in [5.74, 6) is 0. The van der Waals surface area contributed by atoms with Crippen LogP contribution >= 0.6 is 11.3 Å². The zero-order chi connectivity index (χ0) is 29.5. The fraction of sp³-hybridized carbons (Fsp3) is 0. The Morgan fingerprint density at radius 1 is 0.311 bits per heavy atom. The summed E-state index contributed by atoms with van der Waals surface area (Å²) in [6.07, 6.45) is 0. The van der Waals surface area contributed by atoms with E-state index in [0.29, 0.717) is 0 Å². The van der Waals surface area contributed by atoms with Crippen molar-refractivity contribution in [2.45, 2.75) is 0 Å². The second-order valence-electron chi connectivity index (χ2n) is 11.8. The molecule has 45 heavy (non-hydrogen) atoms. The maximum absolute atomic E-state index is 2.43. The number of thiophene rings is 1. The molecule has 3 heteroatoms. The molecule has 210 valence electrons. The highest BCUT2D eigenvalue weighted by Gasteiger charge is 2.17. The Morgan fingerprint density at radius 2 is 0.822 bits per heavy atom. The molecule has 10 aromatic rings. The second kappa shape index (κ2) is 9.43. The summed E-state index contributed by atoms with van der Waals surface area (Å²) < 4.78 is 7.46. The van der Waals surface area contributed by atoms with Crippen molar-refractivity contribution in [3.63, 3.8) is 0 Å². The first-order valence-electron chi connectivity index (χ1n) is 15.4. The molecule has 0 saturated heterocycles. The molecule has 0 fully saturated rings. The number of rotatable bonds is 3. The van der Waals surface area contributed by atoms with Crippen LogP contribution in [-0.2, 0) is 0 Å². The molecule has 3 aromatic heterocycles. The number of aromatic nitrogens is 2. The van der Waals surface area contributed by atoms with Gasteiger partial charge in [-0.05, 0) is 83.9 Å². The van der Waals surface area contributed by atoms with E-state index in [9.17, 15) is 0 Å². The van der Waals surface area contributed by atoms with E-state index >= 15 is 0 Å². The zero-order valence-electron chi connectivity index (χ0n) is 24.3. The molecule has 0 radical (unpaired) electrons. The quantitative estimate of drug-likeness (QED) is 0.194. The fourth-order valence-corrected chi connectivity index (χ4v) is 8.40. The molecule has 0 aliphatic heterocycles. The SMILES string of the molecule is c1ccc(-n2c3ccccc3c3cc(-c4ccc5c(c4)c4cc6c(cc4n5-c4ccccc4)sc4ccccc46)ccc32)cc1. The van der Waals surface area contributed by atoms with Crippen LogP contribution in [0.25, 0.3) is 86.3 Å². The van der Waals surface area contributed by atoms with Crippen LogP contribution in [0.15, 0.2) is 158 Å². The molecule has 3 heterocycles. The van der Waals surface area contributed by atoms with Gasteiger partial charge in [-0.2, -0.15) is 0 Å². The van der Waals surface area contributed by atoms with Crippen LogP contribution < -0.4 is 0 Å². The van der Waals surface area contributed by atoms with Gasteiger partial charge in [-0.1, -0.05) is 84.9 Å². The van der Waals surface area contributed by atoms with Crippen LogP contribution in [0.4, 0.5) is 0 Å². The van der Waals surface area contributed by atoms with Crippen LogP contribution in [0.3, 0.4) is 0 Å². The van der Waals surface area contributed by atoms with Gasteiger partial charge in [0.15, 0.2) is 0 Å². The molecule has 0 bridgehead atoms. The number of fused-ring (bicyclic) bond motifs is 9. The van der Waals surface area contributed by atoms with Gasteiger partial charge in [-0.15, -0.1) is 11.3 Å². The lowest BCUT2D eigenvalue weighted by Crippen LogP contribution is -1.93. The molecule has 0 aliphatic rings. The van der Waals surface area contributed by atoms with Crippen molar-refractivity contribution in [2.24, 2.45) is 0 Å². The molecule has 0 unspecified atom stereocenters. The smallest absolute Gasteiger partial charge is 0.0555 e. The molecule has 2 nitrogen and oxygen atoms in total.